The first kappa shape index (κ1) is 17.6. The Labute approximate surface area is 157 Å². The molecule has 1 aliphatic rings. The van der Waals surface area contributed by atoms with E-state index in [0.29, 0.717) is 12.1 Å². The number of nitrogens with two attached hydrogens (primary N) is 1. The number of para-hydroxylation sites is 1. The molecule has 0 fully saturated rings. The molecular formula is C20H19N3O3S. The molecule has 0 bridgehead atoms. The Morgan fingerprint density at radius 2 is 1.81 bits per heavy atom. The van der Waals surface area contributed by atoms with Crippen LogP contribution >= 0.6 is 0 Å². The van der Waals surface area contributed by atoms with Gasteiger partial charge in [-0.05, 0) is 48.6 Å². The van der Waals surface area contributed by atoms with Gasteiger partial charge in [-0.25, -0.2) is 13.6 Å². The molecule has 0 atom stereocenters. The Morgan fingerprint density at radius 3 is 2.56 bits per heavy atom. The van der Waals surface area contributed by atoms with E-state index >= 15 is 0 Å². The standard InChI is InChI=1S/C20H19N3O3S/c21-27(25,26)14-10-8-13(9-11-14)12-22-20(24)19-15-4-1-2-6-17(15)23-18-7-3-5-16(18)19/h1-2,4,6,8-11H,3,5,7,12H2,(H,22,24)(H2,21,25,26). The molecule has 2 aromatic carbocycles. The van der Waals surface area contributed by atoms with Crippen LogP contribution in [-0.2, 0) is 29.4 Å². The normalized spacial score (nSPS) is 13.5. The van der Waals surface area contributed by atoms with E-state index in [1.807, 2.05) is 24.3 Å². The van der Waals surface area contributed by atoms with Crippen molar-refractivity contribution in [3.63, 3.8) is 0 Å². The van der Waals surface area contributed by atoms with Crippen LogP contribution in [0.5, 0.6) is 0 Å². The van der Waals surface area contributed by atoms with Crippen molar-refractivity contribution in [3.8, 4) is 0 Å². The van der Waals surface area contributed by atoms with Crippen molar-refractivity contribution in [3.05, 3.63) is 70.9 Å². The fourth-order valence-corrected chi connectivity index (χ4v) is 4.05. The molecule has 27 heavy (non-hydrogen) atoms. The van der Waals surface area contributed by atoms with Crippen LogP contribution in [0.3, 0.4) is 0 Å². The van der Waals surface area contributed by atoms with Gasteiger partial charge in [-0.1, -0.05) is 30.3 Å². The third kappa shape index (κ3) is 3.43. The highest BCUT2D eigenvalue weighted by Gasteiger charge is 2.23. The van der Waals surface area contributed by atoms with Gasteiger partial charge in [-0.15, -0.1) is 0 Å². The van der Waals surface area contributed by atoms with Gasteiger partial charge in [0.2, 0.25) is 10.0 Å². The van der Waals surface area contributed by atoms with E-state index < -0.39 is 10.0 Å². The van der Waals surface area contributed by atoms with E-state index in [2.05, 4.69) is 5.32 Å². The Hall–Kier alpha value is -2.77. The van der Waals surface area contributed by atoms with E-state index in [-0.39, 0.29) is 10.8 Å². The second kappa shape index (κ2) is 6.75. The smallest absolute Gasteiger partial charge is 0.252 e. The molecule has 0 radical (unpaired) electrons. The molecule has 1 amide bonds. The summed E-state index contributed by atoms with van der Waals surface area (Å²) in [4.78, 5) is 17.7. The molecule has 0 saturated heterocycles. The second-order valence-corrected chi connectivity index (χ2v) is 8.22. The first-order valence-corrected chi connectivity index (χ1v) is 10.3. The molecule has 138 valence electrons. The number of fused-ring (bicyclic) bond motifs is 2. The number of sulfonamides is 1. The fraction of sp³-hybridized carbons (Fsp3) is 0.200. The quantitative estimate of drug-likeness (QED) is 0.724. The van der Waals surface area contributed by atoms with Gasteiger partial charge in [0.25, 0.3) is 5.91 Å². The lowest BCUT2D eigenvalue weighted by Crippen LogP contribution is -2.24. The van der Waals surface area contributed by atoms with E-state index in [4.69, 9.17) is 10.1 Å². The Morgan fingerprint density at radius 1 is 1.07 bits per heavy atom. The average Bonchev–Trinajstić information content (AvgIpc) is 3.11. The molecule has 1 aromatic heterocycles. The predicted octanol–water partition coefficient (Wildman–Crippen LogP) is 2.30. The molecule has 1 heterocycles. The van der Waals surface area contributed by atoms with Crippen LogP contribution in [0.1, 0.15) is 33.6 Å². The number of nitrogens with zero attached hydrogens (tertiary/aromatic N) is 1. The number of primary sulfonamides is 1. The molecule has 6 nitrogen and oxygen atoms in total. The van der Waals surface area contributed by atoms with Crippen LogP contribution in [0.15, 0.2) is 53.4 Å². The topological polar surface area (TPSA) is 102 Å². The van der Waals surface area contributed by atoms with Crippen LogP contribution < -0.4 is 10.5 Å². The highest BCUT2D eigenvalue weighted by Crippen LogP contribution is 2.29. The average molecular weight is 381 g/mol. The number of carbonyl (C=O) groups excluding carboxylic acids is 1. The largest absolute Gasteiger partial charge is 0.348 e. The Bertz CT molecular complexity index is 1140. The minimum Gasteiger partial charge on any atom is -0.348 e. The molecule has 1 aliphatic carbocycles. The first-order valence-electron chi connectivity index (χ1n) is 8.74. The van der Waals surface area contributed by atoms with Crippen molar-refractivity contribution >= 4 is 26.8 Å². The summed E-state index contributed by atoms with van der Waals surface area (Å²) in [5.74, 6) is -0.137. The first-order chi connectivity index (χ1) is 12.9. The summed E-state index contributed by atoms with van der Waals surface area (Å²) in [6.45, 7) is 0.301. The van der Waals surface area contributed by atoms with Crippen molar-refractivity contribution < 1.29 is 13.2 Å². The molecule has 0 unspecified atom stereocenters. The minimum atomic E-state index is -3.72. The van der Waals surface area contributed by atoms with Crippen molar-refractivity contribution in [2.24, 2.45) is 5.14 Å². The summed E-state index contributed by atoms with van der Waals surface area (Å²) >= 11 is 0. The number of pyridine rings is 1. The summed E-state index contributed by atoms with van der Waals surface area (Å²) in [5.41, 5.74) is 4.38. The maximum Gasteiger partial charge on any atom is 0.252 e. The monoisotopic (exact) mass is 381 g/mol. The van der Waals surface area contributed by atoms with E-state index in [1.165, 1.54) is 12.1 Å². The highest BCUT2D eigenvalue weighted by atomic mass is 32.2. The molecule has 3 aromatic rings. The highest BCUT2D eigenvalue weighted by molar-refractivity contribution is 7.89. The summed E-state index contributed by atoms with van der Waals surface area (Å²) in [7, 11) is -3.72. The van der Waals surface area contributed by atoms with E-state index in [0.717, 1.165) is 47.0 Å². The number of aromatic nitrogens is 1. The van der Waals surface area contributed by atoms with Crippen molar-refractivity contribution in [2.75, 3.05) is 0 Å². The fourth-order valence-electron chi connectivity index (χ4n) is 3.54. The van der Waals surface area contributed by atoms with Crippen LogP contribution in [0.25, 0.3) is 10.9 Å². The second-order valence-electron chi connectivity index (χ2n) is 6.65. The molecule has 7 heteroatoms. The zero-order chi connectivity index (χ0) is 19.0. The lowest BCUT2D eigenvalue weighted by atomic mass is 10.0. The molecule has 0 aliphatic heterocycles. The number of nitrogens with one attached hydrogen (secondary N) is 1. The summed E-state index contributed by atoms with van der Waals surface area (Å²) < 4.78 is 22.7. The molecule has 3 N–H and O–H groups in total. The number of amides is 1. The minimum absolute atomic E-state index is 0.0514. The lowest BCUT2D eigenvalue weighted by Gasteiger charge is -2.13. The Balaban J connectivity index is 1.61. The van der Waals surface area contributed by atoms with Crippen LogP contribution in [-0.4, -0.2) is 19.3 Å². The van der Waals surface area contributed by atoms with Crippen LogP contribution in [0.4, 0.5) is 0 Å². The number of carbonyl (C=O) groups is 1. The predicted molar refractivity (Wildman–Crippen MR) is 103 cm³/mol. The van der Waals surface area contributed by atoms with Gasteiger partial charge < -0.3 is 5.32 Å². The summed E-state index contributed by atoms with van der Waals surface area (Å²) in [6, 6.07) is 13.9. The van der Waals surface area contributed by atoms with Crippen LogP contribution in [0, 0.1) is 0 Å². The maximum atomic E-state index is 13.0. The van der Waals surface area contributed by atoms with Gasteiger partial charge in [0, 0.05) is 17.6 Å². The maximum absolute atomic E-state index is 13.0. The van der Waals surface area contributed by atoms with Crippen molar-refractivity contribution in [2.45, 2.75) is 30.7 Å². The van der Waals surface area contributed by atoms with Gasteiger partial charge in [-0.3, -0.25) is 9.78 Å². The van der Waals surface area contributed by atoms with Crippen molar-refractivity contribution in [1.82, 2.24) is 10.3 Å². The summed E-state index contributed by atoms with van der Waals surface area (Å²) in [5, 5.41) is 8.92. The molecule has 0 spiro atoms. The number of benzene rings is 2. The van der Waals surface area contributed by atoms with E-state index in [9.17, 15) is 13.2 Å². The molecular weight excluding hydrogens is 362 g/mol. The lowest BCUT2D eigenvalue weighted by molar-refractivity contribution is 0.0951. The number of hydrogen-bond acceptors (Lipinski definition) is 4. The van der Waals surface area contributed by atoms with E-state index in [1.54, 1.807) is 12.1 Å². The third-order valence-electron chi connectivity index (χ3n) is 4.85. The number of rotatable bonds is 4. The van der Waals surface area contributed by atoms with Crippen LogP contribution in [0.2, 0.25) is 0 Å². The zero-order valence-electron chi connectivity index (χ0n) is 14.6. The number of aryl methyl sites for hydroxylation is 1. The van der Waals surface area contributed by atoms with Gasteiger partial charge >= 0.3 is 0 Å². The van der Waals surface area contributed by atoms with Gasteiger partial charge in [0.15, 0.2) is 0 Å². The number of hydrogen-bond donors (Lipinski definition) is 2. The Kier molecular flexibility index (Phi) is 4.41. The molecule has 0 saturated carbocycles. The SMILES string of the molecule is NS(=O)(=O)c1ccc(CNC(=O)c2c3c(nc4ccccc24)CCC3)cc1. The third-order valence-corrected chi connectivity index (χ3v) is 5.78. The van der Waals surface area contributed by atoms with Gasteiger partial charge in [0.05, 0.1) is 16.0 Å². The molecule has 4 rings (SSSR count). The summed E-state index contributed by atoms with van der Waals surface area (Å²) in [6.07, 6.45) is 2.77. The zero-order valence-corrected chi connectivity index (χ0v) is 15.4. The van der Waals surface area contributed by atoms with Gasteiger partial charge in [0.1, 0.15) is 0 Å². The van der Waals surface area contributed by atoms with Gasteiger partial charge in [-0.2, -0.15) is 0 Å². The van der Waals surface area contributed by atoms with Crippen molar-refractivity contribution in [1.29, 1.82) is 0 Å².